The molecule has 0 bridgehead atoms. The normalized spacial score (nSPS) is 12.4. The Balaban J connectivity index is 3.26. The Hall–Kier alpha value is 0. The number of hydrogen-bond donors (Lipinski definition) is 0. The first-order chi connectivity index (χ1) is 18.3. The molecule has 0 N–H and O–H groups in total. The maximum Gasteiger partial charge on any atom is -0.0414 e. The lowest BCUT2D eigenvalue weighted by Gasteiger charge is -2.16. The van der Waals surface area contributed by atoms with E-state index in [-0.39, 0.29) is 0 Å². The van der Waals surface area contributed by atoms with Crippen molar-refractivity contribution < 1.29 is 0 Å². The van der Waals surface area contributed by atoms with Crippen molar-refractivity contribution in [1.82, 2.24) is 0 Å². The van der Waals surface area contributed by atoms with Gasteiger partial charge in [-0.25, -0.2) is 0 Å². The molecule has 0 amide bonds. The van der Waals surface area contributed by atoms with Gasteiger partial charge in [-0.15, -0.1) is 0 Å². The van der Waals surface area contributed by atoms with E-state index in [1.54, 1.807) is 0 Å². The second kappa shape index (κ2) is 34.0. The molecule has 0 aliphatic carbocycles. The molecule has 0 saturated heterocycles. The fraction of sp³-hybridized carbons (Fsp3) is 1.00. The van der Waals surface area contributed by atoms with Crippen LogP contribution in [-0.4, -0.2) is 0 Å². The van der Waals surface area contributed by atoms with Crippen LogP contribution in [0, 0.1) is 5.92 Å². The number of hydrogen-bond acceptors (Lipinski definition) is 0. The lowest BCUT2D eigenvalue weighted by molar-refractivity contribution is 0.377. The summed E-state index contributed by atoms with van der Waals surface area (Å²) in [4.78, 5) is 0. The Morgan fingerprint density at radius 2 is 0.432 bits per heavy atom. The summed E-state index contributed by atoms with van der Waals surface area (Å²) in [6, 6.07) is 0. The molecule has 0 aromatic heterocycles. The van der Waals surface area contributed by atoms with Crippen molar-refractivity contribution in [3.8, 4) is 0 Å². The molecule has 0 radical (unpaired) electrons. The SMILES string of the molecule is CCCCCCCCCCCCCCCCCCCCCCCCC(CCC)CCCCCCCCC. The van der Waals surface area contributed by atoms with Crippen molar-refractivity contribution in [3.63, 3.8) is 0 Å². The molecule has 0 aliphatic heterocycles. The van der Waals surface area contributed by atoms with Crippen LogP contribution >= 0.6 is 0 Å². The molecule has 1 unspecified atom stereocenters. The quantitative estimate of drug-likeness (QED) is 0.0754. The van der Waals surface area contributed by atoms with E-state index in [2.05, 4.69) is 20.8 Å². The summed E-state index contributed by atoms with van der Waals surface area (Å²) in [7, 11) is 0. The Morgan fingerprint density at radius 3 is 0.649 bits per heavy atom. The highest BCUT2D eigenvalue weighted by Crippen LogP contribution is 2.23. The van der Waals surface area contributed by atoms with Gasteiger partial charge in [-0.3, -0.25) is 0 Å². The number of rotatable bonds is 33. The second-order valence-corrected chi connectivity index (χ2v) is 12.8. The monoisotopic (exact) mass is 521 g/mol. The molecular formula is C37H76. The molecular weight excluding hydrogens is 444 g/mol. The summed E-state index contributed by atoms with van der Waals surface area (Å²) in [6.07, 6.45) is 48.8. The first-order valence-electron chi connectivity index (χ1n) is 18.3. The van der Waals surface area contributed by atoms with Crippen molar-refractivity contribution in [3.05, 3.63) is 0 Å². The third kappa shape index (κ3) is 32.1. The molecule has 0 rings (SSSR count). The lowest BCUT2D eigenvalue weighted by atomic mass is 9.90. The fourth-order valence-corrected chi connectivity index (χ4v) is 6.27. The first-order valence-corrected chi connectivity index (χ1v) is 18.3. The largest absolute Gasteiger partial charge is 0.0654 e. The van der Waals surface area contributed by atoms with Gasteiger partial charge >= 0.3 is 0 Å². The minimum Gasteiger partial charge on any atom is -0.0654 e. The van der Waals surface area contributed by atoms with Crippen LogP contribution < -0.4 is 0 Å². The zero-order valence-corrected chi connectivity index (χ0v) is 26.9. The summed E-state index contributed by atoms with van der Waals surface area (Å²) in [5, 5.41) is 0. The van der Waals surface area contributed by atoms with Gasteiger partial charge in [-0.2, -0.15) is 0 Å². The van der Waals surface area contributed by atoms with Crippen molar-refractivity contribution in [2.45, 2.75) is 233 Å². The molecule has 1 atom stereocenters. The molecule has 0 heterocycles. The van der Waals surface area contributed by atoms with Gasteiger partial charge in [-0.1, -0.05) is 233 Å². The highest BCUT2D eigenvalue weighted by Gasteiger charge is 2.07. The predicted octanol–water partition coefficient (Wildman–Crippen LogP) is 14.5. The Kier molecular flexibility index (Phi) is 34.0. The summed E-state index contributed by atoms with van der Waals surface area (Å²) in [6.45, 7) is 7.01. The van der Waals surface area contributed by atoms with Gasteiger partial charge in [0.1, 0.15) is 0 Å². The Morgan fingerprint density at radius 1 is 0.216 bits per heavy atom. The molecule has 0 aliphatic rings. The van der Waals surface area contributed by atoms with E-state index < -0.39 is 0 Å². The van der Waals surface area contributed by atoms with Gasteiger partial charge < -0.3 is 0 Å². The second-order valence-electron chi connectivity index (χ2n) is 12.8. The van der Waals surface area contributed by atoms with Crippen molar-refractivity contribution in [2.75, 3.05) is 0 Å². The zero-order valence-electron chi connectivity index (χ0n) is 26.9. The van der Waals surface area contributed by atoms with Crippen LogP contribution in [0.3, 0.4) is 0 Å². The smallest absolute Gasteiger partial charge is 0.0414 e. The van der Waals surface area contributed by atoms with Crippen LogP contribution in [0.4, 0.5) is 0 Å². The lowest BCUT2D eigenvalue weighted by Crippen LogP contribution is -2.00. The van der Waals surface area contributed by atoms with E-state index in [0.717, 1.165) is 5.92 Å². The van der Waals surface area contributed by atoms with E-state index in [1.165, 1.54) is 212 Å². The average Bonchev–Trinajstić information content (AvgIpc) is 2.91. The molecule has 0 heteroatoms. The van der Waals surface area contributed by atoms with E-state index in [9.17, 15) is 0 Å². The zero-order chi connectivity index (χ0) is 26.9. The summed E-state index contributed by atoms with van der Waals surface area (Å²) < 4.78 is 0. The van der Waals surface area contributed by atoms with Gasteiger partial charge in [-0.05, 0) is 5.92 Å². The molecule has 0 spiro atoms. The number of unbranched alkanes of at least 4 members (excludes halogenated alkanes) is 27. The highest BCUT2D eigenvalue weighted by atomic mass is 14.1. The van der Waals surface area contributed by atoms with Crippen LogP contribution in [0.5, 0.6) is 0 Å². The fourth-order valence-electron chi connectivity index (χ4n) is 6.27. The third-order valence-corrected chi connectivity index (χ3v) is 8.88. The van der Waals surface area contributed by atoms with E-state index >= 15 is 0 Å². The topological polar surface area (TPSA) is 0 Å². The van der Waals surface area contributed by atoms with Crippen LogP contribution in [-0.2, 0) is 0 Å². The van der Waals surface area contributed by atoms with E-state index in [1.807, 2.05) is 0 Å². The summed E-state index contributed by atoms with van der Waals surface area (Å²) in [5.41, 5.74) is 0. The molecule has 0 aromatic rings. The first kappa shape index (κ1) is 37.0. The summed E-state index contributed by atoms with van der Waals surface area (Å²) >= 11 is 0. The third-order valence-electron chi connectivity index (χ3n) is 8.88. The van der Waals surface area contributed by atoms with Crippen LogP contribution in [0.25, 0.3) is 0 Å². The minimum absolute atomic E-state index is 1.03. The molecule has 0 saturated carbocycles. The van der Waals surface area contributed by atoms with Gasteiger partial charge in [0.2, 0.25) is 0 Å². The molecule has 37 heavy (non-hydrogen) atoms. The molecule has 0 nitrogen and oxygen atoms in total. The summed E-state index contributed by atoms with van der Waals surface area (Å²) in [5.74, 6) is 1.03. The maximum atomic E-state index is 2.39. The Labute approximate surface area is 238 Å². The van der Waals surface area contributed by atoms with Gasteiger partial charge in [0.15, 0.2) is 0 Å². The van der Waals surface area contributed by atoms with Crippen LogP contribution in [0.2, 0.25) is 0 Å². The van der Waals surface area contributed by atoms with Crippen LogP contribution in [0.15, 0.2) is 0 Å². The van der Waals surface area contributed by atoms with Crippen molar-refractivity contribution >= 4 is 0 Å². The van der Waals surface area contributed by atoms with E-state index in [0.29, 0.717) is 0 Å². The van der Waals surface area contributed by atoms with Crippen molar-refractivity contribution in [2.24, 2.45) is 5.92 Å². The molecule has 224 valence electrons. The van der Waals surface area contributed by atoms with Gasteiger partial charge in [0.25, 0.3) is 0 Å². The van der Waals surface area contributed by atoms with Crippen LogP contribution in [0.1, 0.15) is 233 Å². The highest BCUT2D eigenvalue weighted by molar-refractivity contribution is 4.61. The van der Waals surface area contributed by atoms with Crippen molar-refractivity contribution in [1.29, 1.82) is 0 Å². The van der Waals surface area contributed by atoms with E-state index in [4.69, 9.17) is 0 Å². The average molecular weight is 521 g/mol. The standard InChI is InChI=1S/C37H76/c1-4-7-9-11-13-14-15-16-17-18-19-20-21-22-23-24-25-26-27-29-31-33-36-37(34-6-3)35-32-30-28-12-10-8-5-2/h37H,4-36H2,1-3H3. The molecule has 0 fully saturated rings. The Bertz CT molecular complexity index is 372. The predicted molar refractivity (Wildman–Crippen MR) is 173 cm³/mol. The minimum atomic E-state index is 1.03. The van der Waals surface area contributed by atoms with Gasteiger partial charge in [0, 0.05) is 0 Å². The molecule has 0 aromatic carbocycles. The van der Waals surface area contributed by atoms with Gasteiger partial charge in [0.05, 0.1) is 0 Å². The maximum absolute atomic E-state index is 2.39.